The first-order valence-corrected chi connectivity index (χ1v) is 5.46. The highest BCUT2D eigenvalue weighted by Gasteiger charge is 2.23. The Bertz CT molecular complexity index is 629. The Hall–Kier alpha value is -1.89. The van der Waals surface area contributed by atoms with E-state index in [9.17, 15) is 4.79 Å². The quantitative estimate of drug-likeness (QED) is 0.690. The van der Waals surface area contributed by atoms with Gasteiger partial charge in [0.1, 0.15) is 11.8 Å². The lowest BCUT2D eigenvalue weighted by Crippen LogP contribution is -2.24. The molecule has 0 unspecified atom stereocenters. The fourth-order valence-electron chi connectivity index (χ4n) is 2.26. The molecule has 1 aliphatic heterocycles. The first-order valence-electron chi connectivity index (χ1n) is 5.46. The number of nitrogens with zero attached hydrogens (tertiary/aromatic N) is 5. The van der Waals surface area contributed by atoms with Crippen molar-refractivity contribution in [2.24, 2.45) is 7.05 Å². The topological polar surface area (TPSA) is 65.2 Å². The summed E-state index contributed by atoms with van der Waals surface area (Å²) in [6.07, 6.45) is 2.29. The summed E-state index contributed by atoms with van der Waals surface area (Å²) in [5, 5.41) is 1.70. The molecule has 2 aromatic heterocycles. The van der Waals surface area contributed by atoms with Crippen LogP contribution in [0.4, 0.5) is 5.82 Å². The van der Waals surface area contributed by atoms with Gasteiger partial charge in [-0.2, -0.15) is 0 Å². The van der Waals surface area contributed by atoms with E-state index in [1.807, 2.05) is 0 Å². The molecular formula is C10H13N5O2. The van der Waals surface area contributed by atoms with Crippen LogP contribution < -0.4 is 10.8 Å². The minimum atomic E-state index is -0.0558. The van der Waals surface area contributed by atoms with Gasteiger partial charge in [-0.3, -0.25) is 14.0 Å². The van der Waals surface area contributed by atoms with E-state index in [-0.39, 0.29) is 5.69 Å². The van der Waals surface area contributed by atoms with Crippen LogP contribution in [0.1, 0.15) is 6.42 Å². The molecule has 0 amide bonds. The highest BCUT2D eigenvalue weighted by atomic mass is 16.7. The molecule has 1 aliphatic rings. The SMILES string of the molecule is CON1CCCn2c(=O)n(C)c3ncnc1c32. The van der Waals surface area contributed by atoms with E-state index in [1.165, 1.54) is 6.33 Å². The van der Waals surface area contributed by atoms with Gasteiger partial charge in [-0.1, -0.05) is 0 Å². The Balaban J connectivity index is 2.43. The van der Waals surface area contributed by atoms with Gasteiger partial charge in [-0.25, -0.2) is 19.8 Å². The van der Waals surface area contributed by atoms with Crippen LogP contribution in [0.5, 0.6) is 0 Å². The van der Waals surface area contributed by atoms with Crippen LogP contribution in [-0.2, 0) is 18.4 Å². The Labute approximate surface area is 97.2 Å². The molecule has 0 saturated heterocycles. The van der Waals surface area contributed by atoms with E-state index < -0.39 is 0 Å². The molecule has 7 heteroatoms. The summed E-state index contributed by atoms with van der Waals surface area (Å²) < 4.78 is 3.25. The Kier molecular flexibility index (Phi) is 2.15. The van der Waals surface area contributed by atoms with Crippen molar-refractivity contribution in [3.8, 4) is 0 Å². The maximum Gasteiger partial charge on any atom is 0.330 e. The molecule has 0 aliphatic carbocycles. The van der Waals surface area contributed by atoms with Crippen molar-refractivity contribution < 1.29 is 4.84 Å². The summed E-state index contributed by atoms with van der Waals surface area (Å²) in [5.41, 5.74) is 1.34. The molecule has 0 bridgehead atoms. The van der Waals surface area contributed by atoms with E-state index in [1.54, 1.807) is 28.4 Å². The number of hydroxylamine groups is 1. The van der Waals surface area contributed by atoms with E-state index in [0.717, 1.165) is 11.9 Å². The van der Waals surface area contributed by atoms with Gasteiger partial charge < -0.3 is 0 Å². The fourth-order valence-corrected chi connectivity index (χ4v) is 2.26. The molecule has 0 radical (unpaired) electrons. The molecule has 17 heavy (non-hydrogen) atoms. The van der Waals surface area contributed by atoms with Gasteiger partial charge in [-0.15, -0.1) is 0 Å². The minimum Gasteiger partial charge on any atom is -0.287 e. The van der Waals surface area contributed by atoms with Crippen LogP contribution in [0.15, 0.2) is 11.1 Å². The van der Waals surface area contributed by atoms with Crippen LogP contribution in [-0.4, -0.2) is 32.8 Å². The van der Waals surface area contributed by atoms with Gasteiger partial charge in [0.05, 0.1) is 7.11 Å². The van der Waals surface area contributed by atoms with Crippen LogP contribution in [0.3, 0.4) is 0 Å². The average Bonchev–Trinajstić information content (AvgIpc) is 2.54. The zero-order chi connectivity index (χ0) is 12.0. The summed E-state index contributed by atoms with van der Waals surface area (Å²) in [6, 6.07) is 0. The van der Waals surface area contributed by atoms with Crippen molar-refractivity contribution in [3.63, 3.8) is 0 Å². The van der Waals surface area contributed by atoms with Crippen molar-refractivity contribution >= 4 is 17.0 Å². The zero-order valence-electron chi connectivity index (χ0n) is 9.75. The minimum absolute atomic E-state index is 0.0558. The summed E-state index contributed by atoms with van der Waals surface area (Å²) in [5.74, 6) is 0.660. The van der Waals surface area contributed by atoms with Crippen molar-refractivity contribution in [3.05, 3.63) is 16.8 Å². The van der Waals surface area contributed by atoms with Gasteiger partial charge in [0.2, 0.25) is 0 Å². The first-order chi connectivity index (χ1) is 8.24. The number of aromatic nitrogens is 4. The molecule has 0 saturated carbocycles. The van der Waals surface area contributed by atoms with Gasteiger partial charge >= 0.3 is 5.69 Å². The monoisotopic (exact) mass is 235 g/mol. The maximum absolute atomic E-state index is 12.1. The lowest BCUT2D eigenvalue weighted by molar-refractivity contribution is 0.165. The van der Waals surface area contributed by atoms with Gasteiger partial charge in [0.15, 0.2) is 11.5 Å². The van der Waals surface area contributed by atoms with E-state index in [4.69, 9.17) is 4.84 Å². The van der Waals surface area contributed by atoms with E-state index in [0.29, 0.717) is 24.6 Å². The molecule has 3 heterocycles. The first kappa shape index (κ1) is 10.3. The van der Waals surface area contributed by atoms with Crippen molar-refractivity contribution in [1.82, 2.24) is 19.1 Å². The average molecular weight is 235 g/mol. The highest BCUT2D eigenvalue weighted by molar-refractivity contribution is 5.83. The van der Waals surface area contributed by atoms with Crippen LogP contribution in [0.2, 0.25) is 0 Å². The third-order valence-electron chi connectivity index (χ3n) is 3.09. The molecule has 0 atom stereocenters. The number of imidazole rings is 1. The smallest absolute Gasteiger partial charge is 0.287 e. The Morgan fingerprint density at radius 3 is 2.94 bits per heavy atom. The predicted octanol–water partition coefficient (Wildman–Crippen LogP) is -0.0985. The summed E-state index contributed by atoms with van der Waals surface area (Å²) in [4.78, 5) is 25.7. The van der Waals surface area contributed by atoms with Crippen molar-refractivity contribution in [1.29, 1.82) is 0 Å². The third-order valence-corrected chi connectivity index (χ3v) is 3.09. The van der Waals surface area contributed by atoms with Gasteiger partial charge in [0, 0.05) is 20.1 Å². The number of rotatable bonds is 1. The lowest BCUT2D eigenvalue weighted by Gasteiger charge is -2.18. The summed E-state index contributed by atoms with van der Waals surface area (Å²) >= 11 is 0. The van der Waals surface area contributed by atoms with E-state index in [2.05, 4.69) is 9.97 Å². The van der Waals surface area contributed by atoms with Gasteiger partial charge in [-0.05, 0) is 6.42 Å². The highest BCUT2D eigenvalue weighted by Crippen LogP contribution is 2.24. The predicted molar refractivity (Wildman–Crippen MR) is 61.7 cm³/mol. The second-order valence-corrected chi connectivity index (χ2v) is 4.00. The Morgan fingerprint density at radius 1 is 1.35 bits per heavy atom. The lowest BCUT2D eigenvalue weighted by atomic mass is 10.4. The number of hydrogen-bond acceptors (Lipinski definition) is 5. The largest absolute Gasteiger partial charge is 0.330 e. The second kappa shape index (κ2) is 3.56. The van der Waals surface area contributed by atoms with Gasteiger partial charge in [0.25, 0.3) is 0 Å². The molecule has 0 spiro atoms. The normalized spacial score (nSPS) is 15.3. The maximum atomic E-state index is 12.1. The molecular weight excluding hydrogens is 222 g/mol. The molecule has 3 rings (SSSR count). The Morgan fingerprint density at radius 2 is 2.18 bits per heavy atom. The fraction of sp³-hybridized carbons (Fsp3) is 0.500. The summed E-state index contributed by atoms with van der Waals surface area (Å²) in [6.45, 7) is 1.38. The second-order valence-electron chi connectivity index (χ2n) is 4.00. The third kappa shape index (κ3) is 1.29. The number of hydrogen-bond donors (Lipinski definition) is 0. The molecule has 90 valence electrons. The van der Waals surface area contributed by atoms with E-state index >= 15 is 0 Å². The standard InChI is InChI=1S/C10H13N5O2/c1-13-8-7-9(12-6-11-8)15(17-2)5-3-4-14(7)10(13)16/h6H,3-5H2,1-2H3. The van der Waals surface area contributed by atoms with Crippen LogP contribution in [0, 0.1) is 0 Å². The van der Waals surface area contributed by atoms with Crippen molar-refractivity contribution in [2.75, 3.05) is 18.7 Å². The number of anilines is 1. The molecule has 7 nitrogen and oxygen atoms in total. The molecule has 0 N–H and O–H groups in total. The van der Waals surface area contributed by atoms with Crippen molar-refractivity contribution in [2.45, 2.75) is 13.0 Å². The molecule has 2 aromatic rings. The molecule has 0 fully saturated rings. The zero-order valence-corrected chi connectivity index (χ0v) is 9.75. The number of aryl methyl sites for hydroxylation is 2. The summed E-state index contributed by atoms with van der Waals surface area (Å²) in [7, 11) is 3.32. The van der Waals surface area contributed by atoms with Crippen LogP contribution in [0.25, 0.3) is 11.2 Å². The van der Waals surface area contributed by atoms with Crippen LogP contribution >= 0.6 is 0 Å². The molecule has 0 aromatic carbocycles.